The molecular weight excluding hydrogens is 369 g/mol. The number of nitrogens with one attached hydrogen (secondary N) is 3. The Hall–Kier alpha value is -2.25. The molecule has 1 aromatic heterocycles. The van der Waals surface area contributed by atoms with Crippen molar-refractivity contribution < 1.29 is 9.50 Å². The van der Waals surface area contributed by atoms with Gasteiger partial charge in [-0.3, -0.25) is 5.41 Å². The number of fused-ring (bicyclic) bond motifs is 1. The molecule has 2 aromatic rings. The first-order chi connectivity index (χ1) is 13.9. The van der Waals surface area contributed by atoms with Crippen molar-refractivity contribution in [1.29, 1.82) is 5.41 Å². The molecule has 6 nitrogen and oxygen atoms in total. The molecule has 4 N–H and O–H groups in total. The molecule has 0 amide bonds. The van der Waals surface area contributed by atoms with Crippen LogP contribution in [0.2, 0.25) is 0 Å². The van der Waals surface area contributed by atoms with Gasteiger partial charge in [-0.1, -0.05) is 13.8 Å². The van der Waals surface area contributed by atoms with Crippen LogP contribution in [0.4, 0.5) is 10.2 Å². The Labute approximate surface area is 172 Å². The summed E-state index contributed by atoms with van der Waals surface area (Å²) in [7, 11) is 0. The summed E-state index contributed by atoms with van der Waals surface area (Å²) in [5, 5.41) is 25.2. The molecule has 1 unspecified atom stereocenters. The zero-order chi connectivity index (χ0) is 21.0. The molecule has 3 rings (SSSR count). The monoisotopic (exact) mass is 401 g/mol. The average Bonchev–Trinajstić information content (AvgIpc) is 2.71. The number of nitrogens with zero attached hydrogens (tertiary/aromatic N) is 2. The molecule has 1 aromatic carbocycles. The van der Waals surface area contributed by atoms with Crippen LogP contribution in [0.25, 0.3) is 10.9 Å². The number of pyridine rings is 1. The molecule has 1 atom stereocenters. The van der Waals surface area contributed by atoms with Gasteiger partial charge in [-0.05, 0) is 56.9 Å². The van der Waals surface area contributed by atoms with Gasteiger partial charge in [0.15, 0.2) is 0 Å². The van der Waals surface area contributed by atoms with Gasteiger partial charge in [0.2, 0.25) is 0 Å². The second kappa shape index (κ2) is 9.50. The molecule has 0 saturated carbocycles. The van der Waals surface area contributed by atoms with E-state index in [4.69, 9.17) is 10.4 Å². The third-order valence-corrected chi connectivity index (χ3v) is 5.63. The molecule has 1 saturated heterocycles. The van der Waals surface area contributed by atoms with E-state index in [0.29, 0.717) is 34.4 Å². The van der Waals surface area contributed by atoms with Crippen molar-refractivity contribution in [3.05, 3.63) is 35.6 Å². The van der Waals surface area contributed by atoms with Gasteiger partial charge >= 0.3 is 0 Å². The van der Waals surface area contributed by atoms with E-state index >= 15 is 0 Å². The van der Waals surface area contributed by atoms with E-state index in [-0.39, 0.29) is 11.7 Å². The second-order valence-electron chi connectivity index (χ2n) is 7.83. The molecule has 7 heteroatoms. The van der Waals surface area contributed by atoms with E-state index in [2.05, 4.69) is 29.4 Å². The zero-order valence-corrected chi connectivity index (χ0v) is 17.5. The fourth-order valence-corrected chi connectivity index (χ4v) is 3.96. The Bertz CT molecular complexity index is 844. The minimum absolute atomic E-state index is 0.0888. The Morgan fingerprint density at radius 1 is 1.28 bits per heavy atom. The number of benzene rings is 1. The standard InChI is InChI=1S/C22H32FN5O/c1-4-17(5-2)26-18-8-10-28(11-9-18)22-19(21(24)25-14(3)29)13-15-12-16(23)6-7-20(15)27-22/h6-7,12-14,17-18,26,29H,4-5,8-11H2,1-3H3,(H2,24,25). The quantitative estimate of drug-likeness (QED) is 0.325. The number of hydrogen-bond donors (Lipinski definition) is 4. The van der Waals surface area contributed by atoms with Crippen molar-refractivity contribution in [3.8, 4) is 0 Å². The lowest BCUT2D eigenvalue weighted by atomic mass is 10.0. The van der Waals surface area contributed by atoms with Crippen molar-refractivity contribution in [2.24, 2.45) is 0 Å². The lowest BCUT2D eigenvalue weighted by Gasteiger charge is -2.36. The van der Waals surface area contributed by atoms with Crippen LogP contribution < -0.4 is 15.5 Å². The Morgan fingerprint density at radius 2 is 1.97 bits per heavy atom. The maximum atomic E-state index is 13.7. The Kier molecular flexibility index (Phi) is 7.03. The number of amidine groups is 1. The normalized spacial score (nSPS) is 16.4. The minimum atomic E-state index is -0.853. The van der Waals surface area contributed by atoms with E-state index < -0.39 is 6.23 Å². The predicted octanol–water partition coefficient (Wildman–Crippen LogP) is 3.37. The number of aromatic nitrogens is 1. The van der Waals surface area contributed by atoms with Crippen molar-refractivity contribution in [2.75, 3.05) is 18.0 Å². The number of aliphatic hydroxyl groups excluding tert-OH is 1. The fraction of sp³-hybridized carbons (Fsp3) is 0.545. The van der Waals surface area contributed by atoms with Crippen LogP contribution in [0.3, 0.4) is 0 Å². The molecule has 0 bridgehead atoms. The third kappa shape index (κ3) is 5.22. The Morgan fingerprint density at radius 3 is 2.59 bits per heavy atom. The molecule has 2 heterocycles. The van der Waals surface area contributed by atoms with Gasteiger partial charge in [-0.25, -0.2) is 9.37 Å². The van der Waals surface area contributed by atoms with Crippen LogP contribution in [-0.2, 0) is 0 Å². The average molecular weight is 402 g/mol. The van der Waals surface area contributed by atoms with Crippen LogP contribution in [0, 0.1) is 11.2 Å². The zero-order valence-electron chi connectivity index (χ0n) is 17.5. The first kappa shape index (κ1) is 21.5. The minimum Gasteiger partial charge on any atom is -0.374 e. The number of halogens is 1. The van der Waals surface area contributed by atoms with E-state index in [1.807, 2.05) is 0 Å². The summed E-state index contributed by atoms with van der Waals surface area (Å²) < 4.78 is 13.7. The summed E-state index contributed by atoms with van der Waals surface area (Å²) in [5.41, 5.74) is 1.28. The first-order valence-electron chi connectivity index (χ1n) is 10.6. The molecule has 0 aliphatic carbocycles. The van der Waals surface area contributed by atoms with Crippen LogP contribution in [0.5, 0.6) is 0 Å². The van der Waals surface area contributed by atoms with Crippen LogP contribution in [0.1, 0.15) is 52.0 Å². The lowest BCUT2D eigenvalue weighted by Crippen LogP contribution is -2.46. The molecule has 0 spiro atoms. The van der Waals surface area contributed by atoms with Crippen molar-refractivity contribution in [3.63, 3.8) is 0 Å². The number of piperidine rings is 1. The summed E-state index contributed by atoms with van der Waals surface area (Å²) >= 11 is 0. The molecule has 29 heavy (non-hydrogen) atoms. The number of rotatable bonds is 7. The molecule has 158 valence electrons. The van der Waals surface area contributed by atoms with Crippen molar-refractivity contribution in [1.82, 2.24) is 15.6 Å². The Balaban J connectivity index is 1.85. The molecule has 1 fully saturated rings. The topological polar surface area (TPSA) is 84.3 Å². The third-order valence-electron chi connectivity index (χ3n) is 5.63. The summed E-state index contributed by atoms with van der Waals surface area (Å²) in [4.78, 5) is 6.96. The van der Waals surface area contributed by atoms with Crippen LogP contribution >= 0.6 is 0 Å². The number of aliphatic hydroxyl groups is 1. The highest BCUT2D eigenvalue weighted by molar-refractivity contribution is 6.04. The van der Waals surface area contributed by atoms with E-state index in [1.165, 1.54) is 12.1 Å². The van der Waals surface area contributed by atoms with E-state index in [0.717, 1.165) is 38.8 Å². The second-order valence-corrected chi connectivity index (χ2v) is 7.83. The first-order valence-corrected chi connectivity index (χ1v) is 10.6. The highest BCUT2D eigenvalue weighted by Gasteiger charge is 2.25. The highest BCUT2D eigenvalue weighted by Crippen LogP contribution is 2.27. The van der Waals surface area contributed by atoms with Gasteiger partial charge in [0.25, 0.3) is 0 Å². The molecular formula is C22H32FN5O. The summed E-state index contributed by atoms with van der Waals surface area (Å²) in [6.07, 6.45) is 3.43. The highest BCUT2D eigenvalue weighted by atomic mass is 19.1. The van der Waals surface area contributed by atoms with Gasteiger partial charge in [0, 0.05) is 30.6 Å². The molecule has 1 aliphatic rings. The van der Waals surface area contributed by atoms with Gasteiger partial charge < -0.3 is 20.6 Å². The van der Waals surface area contributed by atoms with Gasteiger partial charge in [0.05, 0.1) is 11.1 Å². The summed E-state index contributed by atoms with van der Waals surface area (Å²) in [6.45, 7) is 7.67. The summed E-state index contributed by atoms with van der Waals surface area (Å²) in [6, 6.07) is 7.34. The maximum Gasteiger partial charge on any atom is 0.140 e. The van der Waals surface area contributed by atoms with E-state index in [9.17, 15) is 9.50 Å². The van der Waals surface area contributed by atoms with E-state index in [1.54, 1.807) is 19.1 Å². The lowest BCUT2D eigenvalue weighted by molar-refractivity contribution is 0.180. The smallest absolute Gasteiger partial charge is 0.140 e. The largest absolute Gasteiger partial charge is 0.374 e. The van der Waals surface area contributed by atoms with Crippen molar-refractivity contribution in [2.45, 2.75) is 64.8 Å². The van der Waals surface area contributed by atoms with Crippen molar-refractivity contribution >= 4 is 22.6 Å². The fourth-order valence-electron chi connectivity index (χ4n) is 3.96. The summed E-state index contributed by atoms with van der Waals surface area (Å²) in [5.74, 6) is 0.468. The molecule has 1 aliphatic heterocycles. The number of anilines is 1. The van der Waals surface area contributed by atoms with Crippen LogP contribution in [0.15, 0.2) is 24.3 Å². The van der Waals surface area contributed by atoms with Crippen LogP contribution in [-0.4, -0.2) is 47.3 Å². The van der Waals surface area contributed by atoms with Gasteiger partial charge in [-0.2, -0.15) is 0 Å². The maximum absolute atomic E-state index is 13.7. The SMILES string of the molecule is CCC(CC)NC1CCN(c2nc3ccc(F)cc3cc2C(=N)NC(C)O)CC1. The predicted molar refractivity (Wildman–Crippen MR) is 116 cm³/mol. The van der Waals surface area contributed by atoms with Gasteiger partial charge in [-0.15, -0.1) is 0 Å². The number of hydrogen-bond acceptors (Lipinski definition) is 5. The van der Waals surface area contributed by atoms with Gasteiger partial charge in [0.1, 0.15) is 23.7 Å². The molecule has 0 radical (unpaired) electrons.